The molecule has 1 aromatic carbocycles. The fraction of sp³-hybridized carbons (Fsp3) is 0.333. The Morgan fingerprint density at radius 3 is 2.94 bits per heavy atom. The molecule has 18 heavy (non-hydrogen) atoms. The number of carbonyl (C=O) groups is 2. The summed E-state index contributed by atoms with van der Waals surface area (Å²) >= 11 is 0. The minimum absolute atomic E-state index is 0.127. The first-order chi connectivity index (χ1) is 8.66. The van der Waals surface area contributed by atoms with E-state index in [2.05, 4.69) is 10.6 Å². The number of imide groups is 1. The first-order valence-electron chi connectivity index (χ1n) is 5.84. The lowest BCUT2D eigenvalue weighted by molar-refractivity contribution is -0.118. The molecule has 0 saturated heterocycles. The molecule has 96 valence electrons. The number of para-hydroxylation sites is 2. The van der Waals surface area contributed by atoms with Crippen molar-refractivity contribution < 1.29 is 9.59 Å². The Morgan fingerprint density at radius 1 is 1.39 bits per heavy atom. The molecule has 1 aromatic rings. The van der Waals surface area contributed by atoms with Crippen molar-refractivity contribution in [2.24, 2.45) is 5.73 Å². The van der Waals surface area contributed by atoms with Crippen molar-refractivity contribution in [2.45, 2.75) is 6.42 Å². The third-order valence-electron chi connectivity index (χ3n) is 2.76. The van der Waals surface area contributed by atoms with Gasteiger partial charge in [0.2, 0.25) is 5.91 Å². The second-order valence-electron chi connectivity index (χ2n) is 4.13. The third kappa shape index (κ3) is 2.91. The largest absolute Gasteiger partial charge is 0.383 e. The highest BCUT2D eigenvalue weighted by Crippen LogP contribution is 2.27. The van der Waals surface area contributed by atoms with E-state index in [0.717, 1.165) is 30.9 Å². The van der Waals surface area contributed by atoms with Crippen LogP contribution in [0.3, 0.4) is 0 Å². The second kappa shape index (κ2) is 5.39. The van der Waals surface area contributed by atoms with Crippen molar-refractivity contribution in [3.63, 3.8) is 0 Å². The molecule has 0 atom stereocenters. The highest BCUT2D eigenvalue weighted by Gasteiger charge is 2.17. The number of rotatable bonds is 2. The number of primary amides is 1. The zero-order chi connectivity index (χ0) is 13.0. The molecule has 6 nitrogen and oxygen atoms in total. The molecule has 1 heterocycles. The molecule has 0 aliphatic carbocycles. The van der Waals surface area contributed by atoms with Gasteiger partial charge in [0.05, 0.1) is 17.9 Å². The van der Waals surface area contributed by atoms with Gasteiger partial charge in [-0.25, -0.2) is 4.79 Å². The van der Waals surface area contributed by atoms with Crippen LogP contribution in [0, 0.1) is 0 Å². The smallest absolute Gasteiger partial charge is 0.318 e. The summed E-state index contributed by atoms with van der Waals surface area (Å²) in [4.78, 5) is 24.1. The van der Waals surface area contributed by atoms with Crippen molar-refractivity contribution in [1.29, 1.82) is 0 Å². The average molecular weight is 248 g/mol. The van der Waals surface area contributed by atoms with Gasteiger partial charge in [0.25, 0.3) is 0 Å². The monoisotopic (exact) mass is 248 g/mol. The molecule has 0 aromatic heterocycles. The molecule has 0 bridgehead atoms. The van der Waals surface area contributed by atoms with E-state index < -0.39 is 6.03 Å². The zero-order valence-electron chi connectivity index (χ0n) is 9.98. The number of nitrogens with two attached hydrogens (primary N) is 1. The third-order valence-corrected chi connectivity index (χ3v) is 2.76. The lowest BCUT2D eigenvalue weighted by Gasteiger charge is -2.23. The van der Waals surface area contributed by atoms with E-state index in [-0.39, 0.29) is 12.5 Å². The zero-order valence-corrected chi connectivity index (χ0v) is 9.98. The minimum Gasteiger partial charge on any atom is -0.383 e. The van der Waals surface area contributed by atoms with Gasteiger partial charge in [0.1, 0.15) is 0 Å². The molecule has 0 unspecified atom stereocenters. The number of hydrogen-bond donors (Lipinski definition) is 3. The van der Waals surface area contributed by atoms with E-state index in [0.29, 0.717) is 0 Å². The van der Waals surface area contributed by atoms with Gasteiger partial charge in [-0.15, -0.1) is 0 Å². The summed E-state index contributed by atoms with van der Waals surface area (Å²) in [5.74, 6) is -0.390. The summed E-state index contributed by atoms with van der Waals surface area (Å²) in [5.41, 5.74) is 6.89. The predicted molar refractivity (Wildman–Crippen MR) is 69.5 cm³/mol. The van der Waals surface area contributed by atoms with E-state index in [1.54, 1.807) is 0 Å². The van der Waals surface area contributed by atoms with Gasteiger partial charge in [0.15, 0.2) is 0 Å². The van der Waals surface area contributed by atoms with Gasteiger partial charge in [-0.2, -0.15) is 0 Å². The second-order valence-corrected chi connectivity index (χ2v) is 4.13. The Hall–Kier alpha value is -2.24. The first-order valence-corrected chi connectivity index (χ1v) is 5.84. The maximum absolute atomic E-state index is 11.6. The van der Waals surface area contributed by atoms with Gasteiger partial charge >= 0.3 is 6.03 Å². The predicted octanol–water partition coefficient (Wildman–Crippen LogP) is 0.504. The summed E-state index contributed by atoms with van der Waals surface area (Å²) in [6.07, 6.45) is 0.929. The number of urea groups is 1. The highest BCUT2D eigenvalue weighted by atomic mass is 16.2. The Labute approximate surface area is 105 Å². The molecule has 0 spiro atoms. The van der Waals surface area contributed by atoms with E-state index in [9.17, 15) is 9.59 Å². The Bertz CT molecular complexity index is 461. The van der Waals surface area contributed by atoms with Crippen molar-refractivity contribution in [3.05, 3.63) is 24.3 Å². The Kier molecular flexibility index (Phi) is 3.66. The number of anilines is 2. The normalized spacial score (nSPS) is 14.1. The molecular weight excluding hydrogens is 232 g/mol. The summed E-state index contributed by atoms with van der Waals surface area (Å²) in [7, 11) is 0. The molecular formula is C12H16N4O2. The van der Waals surface area contributed by atoms with Crippen molar-refractivity contribution in [3.8, 4) is 0 Å². The molecule has 1 aliphatic rings. The molecule has 1 aliphatic heterocycles. The maximum Gasteiger partial charge on any atom is 0.318 e. The first kappa shape index (κ1) is 12.2. The molecule has 0 fully saturated rings. The fourth-order valence-electron chi connectivity index (χ4n) is 2.03. The van der Waals surface area contributed by atoms with Crippen LogP contribution in [-0.2, 0) is 4.79 Å². The van der Waals surface area contributed by atoms with Gasteiger partial charge in [0, 0.05) is 13.1 Å². The van der Waals surface area contributed by atoms with Crippen LogP contribution in [0.2, 0.25) is 0 Å². The van der Waals surface area contributed by atoms with Crippen molar-refractivity contribution in [1.82, 2.24) is 5.32 Å². The van der Waals surface area contributed by atoms with Crippen LogP contribution in [0.1, 0.15) is 6.42 Å². The van der Waals surface area contributed by atoms with E-state index in [1.807, 2.05) is 29.2 Å². The number of carbonyl (C=O) groups excluding carboxylic acids is 2. The standard InChI is InChI=1S/C12H16N4O2/c13-12(18)15-11(17)8-16-7-3-6-14-9-4-1-2-5-10(9)16/h1-2,4-5,14H,3,6-8H2,(H3,13,15,17,18). The van der Waals surface area contributed by atoms with Gasteiger partial charge < -0.3 is 16.0 Å². The van der Waals surface area contributed by atoms with Crippen LogP contribution >= 0.6 is 0 Å². The summed E-state index contributed by atoms with van der Waals surface area (Å²) in [5, 5.41) is 5.38. The SMILES string of the molecule is NC(=O)NC(=O)CN1CCCNc2ccccc21. The van der Waals surface area contributed by atoms with E-state index >= 15 is 0 Å². The van der Waals surface area contributed by atoms with Crippen LogP contribution in [-0.4, -0.2) is 31.6 Å². The van der Waals surface area contributed by atoms with E-state index in [4.69, 9.17) is 5.73 Å². The van der Waals surface area contributed by atoms with Crippen molar-refractivity contribution >= 4 is 23.3 Å². The van der Waals surface area contributed by atoms with Crippen LogP contribution in [0.5, 0.6) is 0 Å². The summed E-state index contributed by atoms with van der Waals surface area (Å²) in [6.45, 7) is 1.75. The molecule has 6 heteroatoms. The van der Waals surface area contributed by atoms with Crippen molar-refractivity contribution in [2.75, 3.05) is 29.9 Å². The number of hydrogen-bond acceptors (Lipinski definition) is 4. The Balaban J connectivity index is 2.13. The van der Waals surface area contributed by atoms with Crippen LogP contribution in [0.25, 0.3) is 0 Å². The van der Waals surface area contributed by atoms with Crippen LogP contribution < -0.4 is 21.3 Å². The quantitative estimate of drug-likeness (QED) is 0.711. The number of fused-ring (bicyclic) bond motifs is 1. The number of nitrogens with zero attached hydrogens (tertiary/aromatic N) is 1. The minimum atomic E-state index is -0.818. The van der Waals surface area contributed by atoms with Gasteiger partial charge in [-0.3, -0.25) is 10.1 Å². The molecule has 2 rings (SSSR count). The van der Waals surface area contributed by atoms with Crippen LogP contribution in [0.15, 0.2) is 24.3 Å². The topological polar surface area (TPSA) is 87.5 Å². The molecule has 4 N–H and O–H groups in total. The number of amides is 3. The number of benzene rings is 1. The number of nitrogens with one attached hydrogen (secondary N) is 2. The molecule has 0 radical (unpaired) electrons. The Morgan fingerprint density at radius 2 is 2.17 bits per heavy atom. The maximum atomic E-state index is 11.6. The summed E-state index contributed by atoms with van der Waals surface area (Å²) < 4.78 is 0. The van der Waals surface area contributed by atoms with E-state index in [1.165, 1.54) is 0 Å². The fourth-order valence-corrected chi connectivity index (χ4v) is 2.03. The van der Waals surface area contributed by atoms with Gasteiger partial charge in [-0.05, 0) is 18.6 Å². The lowest BCUT2D eigenvalue weighted by atomic mass is 10.2. The van der Waals surface area contributed by atoms with Gasteiger partial charge in [-0.1, -0.05) is 12.1 Å². The lowest BCUT2D eigenvalue weighted by Crippen LogP contribution is -2.42. The molecule has 0 saturated carbocycles. The average Bonchev–Trinajstić information content (AvgIpc) is 2.51. The highest BCUT2D eigenvalue weighted by molar-refractivity contribution is 5.96. The van der Waals surface area contributed by atoms with Crippen LogP contribution in [0.4, 0.5) is 16.2 Å². The summed E-state index contributed by atoms with van der Waals surface area (Å²) in [6, 6.07) is 6.97. The molecule has 3 amide bonds.